The molecule has 634 valence electrons. The lowest BCUT2D eigenvalue weighted by atomic mass is 9.80. The Morgan fingerprint density at radius 1 is 0.517 bits per heavy atom. The summed E-state index contributed by atoms with van der Waals surface area (Å²) in [5.74, 6) is 2.27. The van der Waals surface area contributed by atoms with Gasteiger partial charge in [0.1, 0.15) is 59.8 Å². The van der Waals surface area contributed by atoms with Crippen LogP contribution in [0.5, 0.6) is 0 Å². The van der Waals surface area contributed by atoms with Gasteiger partial charge in [-0.25, -0.2) is 29.5 Å². The van der Waals surface area contributed by atoms with Crippen molar-refractivity contribution in [1.82, 2.24) is 58.9 Å². The summed E-state index contributed by atoms with van der Waals surface area (Å²) in [7, 11) is -5.32. The number of aromatic nitrogens is 10. The van der Waals surface area contributed by atoms with Crippen LogP contribution in [0.25, 0.3) is 43.8 Å². The summed E-state index contributed by atoms with van der Waals surface area (Å²) in [6.07, 6.45) is 18.3. The Kier molecular flexibility index (Phi) is 29.4. The summed E-state index contributed by atoms with van der Waals surface area (Å²) in [5, 5.41) is 11.5. The van der Waals surface area contributed by atoms with Crippen molar-refractivity contribution in [1.29, 1.82) is 0 Å². The first kappa shape index (κ1) is 91.1. The number of hydrogen-bond donors (Lipinski definition) is 0. The number of piperidine rings is 2. The van der Waals surface area contributed by atoms with E-state index in [1.54, 1.807) is 22.7 Å². The maximum atomic E-state index is 13.3. The third-order valence-electron chi connectivity index (χ3n) is 22.1. The number of ether oxygens (including phenoxy) is 6. The lowest BCUT2D eigenvalue weighted by Crippen LogP contribution is -2.48. The van der Waals surface area contributed by atoms with Crippen molar-refractivity contribution in [2.24, 2.45) is 0 Å². The normalized spacial score (nSPS) is 20.1. The van der Waals surface area contributed by atoms with Gasteiger partial charge in [-0.1, -0.05) is 90.7 Å². The Morgan fingerprint density at radius 2 is 0.888 bits per heavy atom. The maximum Gasteiger partial charge on any atom is 0.496 e. The van der Waals surface area contributed by atoms with Crippen molar-refractivity contribution in [2.75, 3.05) is 63.2 Å². The molecule has 13 heterocycles. The number of aryl methyl sites for hydroxylation is 2. The number of carbonyl (C=O) groups is 2. The predicted octanol–water partition coefficient (Wildman–Crippen LogP) is 19.5. The van der Waals surface area contributed by atoms with Gasteiger partial charge in [0.15, 0.2) is 11.3 Å². The zero-order valence-electron chi connectivity index (χ0n) is 73.6. The highest BCUT2D eigenvalue weighted by Gasteiger charge is 2.52. The highest BCUT2D eigenvalue weighted by Crippen LogP contribution is 2.47. The molecule has 5 saturated heterocycles. The number of carbonyl (C=O) groups excluding carboxylic acids is 2. The molecule has 5 fully saturated rings. The Bertz CT molecular complexity index is 4520. The number of pyridine rings is 2. The molecule has 2 unspecified atom stereocenters. The summed E-state index contributed by atoms with van der Waals surface area (Å²) < 4.78 is 53.9. The summed E-state index contributed by atoms with van der Waals surface area (Å²) in [6.45, 7) is 56.9. The molecule has 116 heavy (non-hydrogen) atoms. The first-order valence-corrected chi connectivity index (χ1v) is 59.2. The van der Waals surface area contributed by atoms with Crippen molar-refractivity contribution >= 4 is 125 Å². The van der Waals surface area contributed by atoms with Crippen LogP contribution < -0.4 is 15.3 Å². The zero-order valence-corrected chi connectivity index (χ0v) is 81.4. The van der Waals surface area contributed by atoms with Gasteiger partial charge in [0, 0.05) is 169 Å². The van der Waals surface area contributed by atoms with Gasteiger partial charge < -0.3 is 57.3 Å². The zero-order chi connectivity index (χ0) is 84.3. The highest BCUT2D eigenvalue weighted by molar-refractivity contribution is 14.1. The van der Waals surface area contributed by atoms with E-state index in [-0.39, 0.29) is 66.5 Å². The number of fused-ring (bicyclic) bond motifs is 6. The minimum absolute atomic E-state index is 0.122. The molecule has 4 bridgehead atoms. The van der Waals surface area contributed by atoms with Gasteiger partial charge in [-0.05, 0) is 193 Å². The minimum Gasteiger partial charge on any atom is -0.444 e. The average molecular weight is 1810 g/mol. The summed E-state index contributed by atoms with van der Waals surface area (Å²) >= 11 is 5.61. The second-order valence-electron chi connectivity index (χ2n) is 40.0. The van der Waals surface area contributed by atoms with Gasteiger partial charge in [0.05, 0.1) is 38.6 Å². The second-order valence-corrected chi connectivity index (χ2v) is 66.1. The van der Waals surface area contributed by atoms with Crippen molar-refractivity contribution < 1.29 is 47.3 Å². The molecule has 5 aliphatic heterocycles. The molecular weight excluding hydrogens is 1680 g/mol. The van der Waals surface area contributed by atoms with Crippen LogP contribution in [0.4, 0.5) is 21.2 Å². The number of hydrogen-bond acceptors (Lipinski definition) is 22. The SMILES string of the molecule is CC(C)(C)OC(=O)N1[C@@H]2CC[C@H]1CC(c1cc(N(COCC[Si](C)(C)C)COCC[Si](C)(C)C)n3ncc(I)c3n1)C2.Cc1cnc(-c2ccc(-c3cnn4c(N(COCC[Si](C)(C)C)COCC[Si](C)(C)C)cc(C5C[C@H]6CC[C@@H](C5)N6C(=O)OC(C)(C)C)nc34)cn2)s1.Cc1cnc(-c2ccc(B3OC(C)(C)C(C)(C)O3)cn2)s1. The maximum absolute atomic E-state index is 13.3. The van der Waals surface area contributed by atoms with Gasteiger partial charge in [-0.2, -0.15) is 19.2 Å². The molecule has 8 aromatic heterocycles. The van der Waals surface area contributed by atoms with Gasteiger partial charge >= 0.3 is 19.3 Å². The molecule has 2 amide bonds. The number of rotatable bonds is 28. The number of halogens is 1. The van der Waals surface area contributed by atoms with Crippen molar-refractivity contribution in [2.45, 2.75) is 296 Å². The molecule has 0 saturated carbocycles. The predicted molar refractivity (Wildman–Crippen MR) is 488 cm³/mol. The van der Waals surface area contributed by atoms with Crippen LogP contribution in [0.2, 0.25) is 103 Å². The van der Waals surface area contributed by atoms with E-state index in [2.05, 4.69) is 151 Å². The number of thiazole rings is 2. The van der Waals surface area contributed by atoms with Crippen LogP contribution in [0.1, 0.15) is 154 Å². The van der Waals surface area contributed by atoms with Crippen LogP contribution in [0.15, 0.2) is 73.6 Å². The smallest absolute Gasteiger partial charge is 0.444 e. The first-order valence-electron chi connectivity index (χ1n) is 41.6. The Balaban J connectivity index is 0.000000186. The van der Waals surface area contributed by atoms with Gasteiger partial charge in [0.25, 0.3) is 0 Å². The van der Waals surface area contributed by atoms with Crippen molar-refractivity contribution in [3.8, 4) is 32.5 Å². The molecule has 6 atom stereocenters. The quantitative estimate of drug-likeness (QED) is 0.0192. The van der Waals surface area contributed by atoms with E-state index < -0.39 is 43.5 Å². The fraction of sp³-hybridized carbons (Fsp3) is 0.643. The molecule has 0 spiro atoms. The van der Waals surface area contributed by atoms with Crippen LogP contribution in [0, 0.1) is 17.4 Å². The fourth-order valence-electron chi connectivity index (χ4n) is 14.9. The molecule has 32 heteroatoms. The number of anilines is 2. The monoisotopic (exact) mass is 1810 g/mol. The van der Waals surface area contributed by atoms with E-state index in [1.807, 2.05) is 150 Å². The molecule has 0 N–H and O–H groups in total. The summed E-state index contributed by atoms with van der Waals surface area (Å²) in [5.41, 5.74) is 6.53. The third kappa shape index (κ3) is 24.6. The van der Waals surface area contributed by atoms with Gasteiger partial charge in [0.2, 0.25) is 0 Å². The molecule has 8 aromatic rings. The molecule has 24 nitrogen and oxygen atoms in total. The molecule has 0 radical (unpaired) electrons. The summed E-state index contributed by atoms with van der Waals surface area (Å²) in [4.78, 5) is 65.8. The van der Waals surface area contributed by atoms with Crippen LogP contribution in [0.3, 0.4) is 0 Å². The summed E-state index contributed by atoms with van der Waals surface area (Å²) in [6, 6.07) is 17.5. The Hall–Kier alpha value is -5.64. The minimum atomic E-state index is -1.27. The molecule has 5 aliphatic rings. The number of amides is 2. The van der Waals surface area contributed by atoms with E-state index >= 15 is 0 Å². The average Bonchev–Trinajstić information content (AvgIpc) is 1.59. The van der Waals surface area contributed by atoms with E-state index in [0.29, 0.717) is 40.1 Å². The van der Waals surface area contributed by atoms with E-state index in [1.165, 1.54) is 4.88 Å². The third-order valence-corrected chi connectivity index (χ3v) is 31.6. The Morgan fingerprint density at radius 3 is 1.23 bits per heavy atom. The Labute approximate surface area is 715 Å². The highest BCUT2D eigenvalue weighted by atomic mass is 127. The fourth-order valence-corrected chi connectivity index (χ4v) is 19.8. The van der Waals surface area contributed by atoms with Gasteiger partial charge in [-0.15, -0.1) is 22.7 Å². The second kappa shape index (κ2) is 37.4. The van der Waals surface area contributed by atoms with Crippen LogP contribution in [-0.2, 0) is 37.7 Å². The lowest BCUT2D eigenvalue weighted by molar-refractivity contribution is 0.00459. The standard InChI is InChI=1S/C39H59N7O4SSi2.C30H52IN5O4Si2.C15H19BN2O2S/c1-27-22-41-37(51-27)33-14-11-28(23-40-33)32-24-42-46-35(44(25-48-15-17-52(5,6)7)26-49-16-18-53(8,9)10)21-34(43-36(32)46)29-19-30-12-13-31(20-29)45(30)38(47)50-39(2,3)4;1-30(2,3)40-29(37)35-23-10-11-24(35)17-22(16-23)26-18-27(36-28(33-26)25(31)19-32-36)34(20-38-12-14-41(4,5)6)21-39-13-15-42(7,8)9;1-10-8-18-13(21-10)12-7-6-11(9-17-12)16-19-14(2,3)15(4,5)20-16/h11,14,21-24,29-31H,12-13,15-20,25-26H2,1-10H3;18-19,22-24H,10-17,20-21H2,1-9H3;6-9H,1-5H3/t29?,30-,31+;22?,23-,24+;. The molecule has 0 aliphatic carbocycles. The van der Waals surface area contributed by atoms with E-state index in [4.69, 9.17) is 62.9 Å². The van der Waals surface area contributed by atoms with Crippen molar-refractivity contribution in [3.63, 3.8) is 0 Å². The molecular formula is C84H130BIN14O10S2Si4. The van der Waals surface area contributed by atoms with E-state index in [0.717, 1.165) is 170 Å². The lowest BCUT2D eigenvalue weighted by Gasteiger charge is -2.39. The largest absolute Gasteiger partial charge is 0.496 e. The first-order chi connectivity index (χ1) is 54.2. The topological polar surface area (TPSA) is 233 Å². The molecule has 0 aromatic carbocycles. The number of nitrogens with zero attached hydrogens (tertiary/aromatic N) is 14. The van der Waals surface area contributed by atoms with E-state index in [9.17, 15) is 9.59 Å². The molecule has 13 rings (SSSR count). The van der Waals surface area contributed by atoms with Crippen molar-refractivity contribution in [3.05, 3.63) is 98.3 Å². The van der Waals surface area contributed by atoms with Crippen LogP contribution >= 0.6 is 45.3 Å². The van der Waals surface area contributed by atoms with Gasteiger partial charge in [-0.3, -0.25) is 9.97 Å². The van der Waals surface area contributed by atoms with Crippen LogP contribution in [-0.4, -0.2) is 210 Å².